The van der Waals surface area contributed by atoms with Crippen LogP contribution in [-0.4, -0.2) is 30.8 Å². The molecule has 0 aliphatic carbocycles. The topological polar surface area (TPSA) is 90.6 Å². The van der Waals surface area contributed by atoms with Gasteiger partial charge in [0.05, 0.1) is 11.8 Å². The number of rotatable bonds is 4. The molecule has 7 heteroatoms. The minimum absolute atomic E-state index is 0.0735. The van der Waals surface area contributed by atoms with Crippen molar-refractivity contribution in [3.8, 4) is 11.5 Å². The average molecular weight is 364 g/mol. The van der Waals surface area contributed by atoms with Gasteiger partial charge >= 0.3 is 0 Å². The number of aromatic nitrogens is 2. The molecular formula is C20H20N4O3. The number of amides is 1. The zero-order valence-electron chi connectivity index (χ0n) is 14.9. The highest BCUT2D eigenvalue weighted by Gasteiger charge is 2.27. The highest BCUT2D eigenvalue weighted by atomic mass is 16.3. The summed E-state index contributed by atoms with van der Waals surface area (Å²) in [6.07, 6.45) is 3.78. The Morgan fingerprint density at radius 1 is 1.22 bits per heavy atom. The first-order valence-electron chi connectivity index (χ1n) is 8.64. The van der Waals surface area contributed by atoms with Gasteiger partial charge in [0.15, 0.2) is 0 Å². The molecule has 1 aromatic heterocycles. The van der Waals surface area contributed by atoms with Crippen LogP contribution >= 0.6 is 0 Å². The molecular weight excluding hydrogens is 344 g/mol. The number of phenols is 2. The summed E-state index contributed by atoms with van der Waals surface area (Å²) in [5.41, 5.74) is 4.41. The Kier molecular flexibility index (Phi) is 4.19. The number of nitrogens with one attached hydrogen (secondary N) is 1. The minimum atomic E-state index is -0.262. The van der Waals surface area contributed by atoms with Gasteiger partial charge in [-0.15, -0.1) is 0 Å². The minimum Gasteiger partial charge on any atom is -0.508 e. The molecule has 2 heterocycles. The number of fused-ring (bicyclic) bond motifs is 1. The highest BCUT2D eigenvalue weighted by molar-refractivity contribution is 5.97. The number of aromatic hydroxyl groups is 2. The van der Waals surface area contributed by atoms with E-state index in [1.165, 1.54) is 18.2 Å². The van der Waals surface area contributed by atoms with Crippen LogP contribution in [0.1, 0.15) is 27.0 Å². The predicted octanol–water partition coefficient (Wildman–Crippen LogP) is 2.60. The Bertz CT molecular complexity index is 1010. The van der Waals surface area contributed by atoms with Gasteiger partial charge in [-0.1, -0.05) is 12.1 Å². The molecule has 1 aliphatic heterocycles. The molecule has 0 saturated heterocycles. The second kappa shape index (κ2) is 6.68. The Balaban J connectivity index is 1.52. The molecule has 3 N–H and O–H groups in total. The van der Waals surface area contributed by atoms with Crippen molar-refractivity contribution in [1.82, 2.24) is 14.7 Å². The quantitative estimate of drug-likeness (QED) is 0.662. The Morgan fingerprint density at radius 2 is 2.07 bits per heavy atom. The summed E-state index contributed by atoms with van der Waals surface area (Å²) in [4.78, 5) is 14.5. The van der Waals surface area contributed by atoms with Crippen molar-refractivity contribution >= 4 is 11.6 Å². The predicted molar refractivity (Wildman–Crippen MR) is 100 cm³/mol. The van der Waals surface area contributed by atoms with Crippen LogP contribution in [0.5, 0.6) is 11.5 Å². The van der Waals surface area contributed by atoms with Crippen LogP contribution in [-0.2, 0) is 26.7 Å². The van der Waals surface area contributed by atoms with Crippen molar-refractivity contribution in [2.75, 3.05) is 5.32 Å². The van der Waals surface area contributed by atoms with Gasteiger partial charge in [-0.3, -0.25) is 9.48 Å². The van der Waals surface area contributed by atoms with E-state index in [4.69, 9.17) is 0 Å². The molecule has 1 amide bonds. The zero-order valence-corrected chi connectivity index (χ0v) is 14.9. The molecule has 0 spiro atoms. The maximum absolute atomic E-state index is 12.8. The maximum Gasteiger partial charge on any atom is 0.258 e. The molecule has 27 heavy (non-hydrogen) atoms. The number of aryl methyl sites for hydroxylation is 1. The molecule has 0 atom stereocenters. The maximum atomic E-state index is 12.8. The first kappa shape index (κ1) is 17.0. The van der Waals surface area contributed by atoms with Crippen LogP contribution in [0.15, 0.2) is 48.8 Å². The lowest BCUT2D eigenvalue weighted by atomic mass is 10.1. The molecule has 0 unspecified atom stereocenters. The van der Waals surface area contributed by atoms with E-state index >= 15 is 0 Å². The highest BCUT2D eigenvalue weighted by Crippen LogP contribution is 2.32. The molecule has 2 aromatic carbocycles. The number of phenolic OH excluding ortho intramolecular Hbond substituents is 2. The first-order chi connectivity index (χ1) is 13.0. The number of carbonyl (C=O) groups excluding carboxylic acids is 1. The van der Waals surface area contributed by atoms with Crippen LogP contribution in [0.4, 0.5) is 5.69 Å². The number of benzene rings is 2. The lowest BCUT2D eigenvalue weighted by Crippen LogP contribution is -2.25. The summed E-state index contributed by atoms with van der Waals surface area (Å²) in [5.74, 6) is -0.552. The number of hydrogen-bond donors (Lipinski definition) is 3. The van der Waals surface area contributed by atoms with Gasteiger partial charge in [0.1, 0.15) is 11.5 Å². The molecule has 0 bridgehead atoms. The summed E-state index contributed by atoms with van der Waals surface area (Å²) in [6.45, 7) is 1.60. The Hall–Kier alpha value is -3.48. The van der Waals surface area contributed by atoms with Gasteiger partial charge in [0.25, 0.3) is 5.91 Å². The van der Waals surface area contributed by atoms with Crippen LogP contribution < -0.4 is 5.32 Å². The normalized spacial score (nSPS) is 12.9. The van der Waals surface area contributed by atoms with Crippen LogP contribution in [0.2, 0.25) is 0 Å². The Labute approximate surface area is 156 Å². The van der Waals surface area contributed by atoms with Crippen LogP contribution in [0.3, 0.4) is 0 Å². The average Bonchev–Trinajstić information content (AvgIpc) is 3.25. The molecule has 1 aliphatic rings. The fourth-order valence-corrected chi connectivity index (χ4v) is 3.36. The van der Waals surface area contributed by atoms with Crippen molar-refractivity contribution in [1.29, 1.82) is 0 Å². The number of nitrogens with zero attached hydrogens (tertiary/aromatic N) is 3. The Morgan fingerprint density at radius 3 is 2.81 bits per heavy atom. The second-order valence-corrected chi connectivity index (χ2v) is 6.68. The summed E-state index contributed by atoms with van der Waals surface area (Å²) >= 11 is 0. The van der Waals surface area contributed by atoms with E-state index in [9.17, 15) is 15.0 Å². The van der Waals surface area contributed by atoms with E-state index in [0.717, 1.165) is 22.4 Å². The molecule has 0 saturated carbocycles. The lowest BCUT2D eigenvalue weighted by Gasteiger charge is -2.16. The van der Waals surface area contributed by atoms with E-state index < -0.39 is 0 Å². The third-order valence-electron chi connectivity index (χ3n) is 4.72. The van der Waals surface area contributed by atoms with Gasteiger partial charge in [-0.25, -0.2) is 0 Å². The molecule has 0 radical (unpaired) electrons. The van der Waals surface area contributed by atoms with Crippen molar-refractivity contribution in [2.45, 2.75) is 19.6 Å². The third kappa shape index (κ3) is 3.31. The number of carbonyl (C=O) groups is 1. The SMILES string of the molecule is Cn1cc(CNc2cccc3c2CN(C(=O)c2ccc(O)cc2O)C3)cn1. The first-order valence-corrected chi connectivity index (χ1v) is 8.64. The molecule has 0 fully saturated rings. The zero-order chi connectivity index (χ0) is 19.0. The molecule has 4 rings (SSSR count). The van der Waals surface area contributed by atoms with Crippen LogP contribution in [0.25, 0.3) is 0 Å². The van der Waals surface area contributed by atoms with Gasteiger partial charge in [-0.05, 0) is 29.3 Å². The fraction of sp³-hybridized carbons (Fsp3) is 0.200. The third-order valence-corrected chi connectivity index (χ3v) is 4.72. The van der Waals surface area contributed by atoms with E-state index in [2.05, 4.69) is 10.4 Å². The van der Waals surface area contributed by atoms with Crippen LogP contribution in [0, 0.1) is 0 Å². The monoisotopic (exact) mass is 364 g/mol. The molecule has 3 aromatic rings. The standard InChI is InChI=1S/C20H20N4O3/c1-23-10-13(9-22-23)8-21-18-4-2-3-14-11-24(12-17(14)18)20(27)16-6-5-15(25)7-19(16)26/h2-7,9-10,21,25-26H,8,11-12H2,1H3. The summed E-state index contributed by atoms with van der Waals surface area (Å²) in [5, 5.41) is 27.0. The second-order valence-electron chi connectivity index (χ2n) is 6.68. The van der Waals surface area contributed by atoms with Crippen molar-refractivity contribution < 1.29 is 15.0 Å². The summed E-state index contributed by atoms with van der Waals surface area (Å²) in [6, 6.07) is 10.00. The van der Waals surface area contributed by atoms with Crippen molar-refractivity contribution in [3.05, 3.63) is 71.0 Å². The van der Waals surface area contributed by atoms with E-state index in [1.54, 1.807) is 9.58 Å². The largest absolute Gasteiger partial charge is 0.508 e. The summed E-state index contributed by atoms with van der Waals surface area (Å²) in [7, 11) is 1.88. The number of anilines is 1. The lowest BCUT2D eigenvalue weighted by molar-refractivity contribution is 0.0748. The fourth-order valence-electron chi connectivity index (χ4n) is 3.36. The van der Waals surface area contributed by atoms with E-state index in [1.807, 2.05) is 37.6 Å². The van der Waals surface area contributed by atoms with Crippen molar-refractivity contribution in [3.63, 3.8) is 0 Å². The van der Waals surface area contributed by atoms with E-state index in [-0.39, 0.29) is 23.0 Å². The summed E-state index contributed by atoms with van der Waals surface area (Å²) < 4.78 is 1.76. The van der Waals surface area contributed by atoms with E-state index in [0.29, 0.717) is 19.6 Å². The van der Waals surface area contributed by atoms with Gasteiger partial charge in [0, 0.05) is 50.2 Å². The molecule has 138 valence electrons. The number of hydrogen-bond acceptors (Lipinski definition) is 5. The van der Waals surface area contributed by atoms with Crippen molar-refractivity contribution in [2.24, 2.45) is 7.05 Å². The van der Waals surface area contributed by atoms with Gasteiger partial charge in [0.2, 0.25) is 0 Å². The smallest absolute Gasteiger partial charge is 0.258 e. The van der Waals surface area contributed by atoms with Gasteiger partial charge < -0.3 is 20.4 Å². The van der Waals surface area contributed by atoms with Gasteiger partial charge in [-0.2, -0.15) is 5.10 Å². The molecule has 7 nitrogen and oxygen atoms in total.